The predicted octanol–water partition coefficient (Wildman–Crippen LogP) is 0.484. The summed E-state index contributed by atoms with van der Waals surface area (Å²) in [5.41, 5.74) is 0. The molecule has 0 bridgehead atoms. The van der Waals surface area contributed by atoms with Crippen LogP contribution in [0.1, 0.15) is 26.2 Å². The third-order valence-electron chi connectivity index (χ3n) is 3.05. The van der Waals surface area contributed by atoms with Crippen LogP contribution in [-0.4, -0.2) is 50.0 Å². The van der Waals surface area contributed by atoms with Gasteiger partial charge in [0.1, 0.15) is 5.78 Å². The van der Waals surface area contributed by atoms with Crippen molar-refractivity contribution in [1.82, 2.24) is 8.61 Å². The van der Waals surface area contributed by atoms with E-state index in [0.29, 0.717) is 32.4 Å². The number of carbonyl (C=O) groups is 1. The highest BCUT2D eigenvalue weighted by atomic mass is 32.2. The summed E-state index contributed by atoms with van der Waals surface area (Å²) in [6, 6.07) is 0. The second kappa shape index (κ2) is 5.25. The Hall–Kier alpha value is -0.460. The minimum absolute atomic E-state index is 0.0543. The largest absolute Gasteiger partial charge is 0.299 e. The van der Waals surface area contributed by atoms with Crippen LogP contribution >= 0.6 is 0 Å². The van der Waals surface area contributed by atoms with Crippen molar-refractivity contribution in [1.29, 1.82) is 0 Å². The van der Waals surface area contributed by atoms with Gasteiger partial charge in [0.25, 0.3) is 10.2 Å². The average Bonchev–Trinajstić information content (AvgIpc) is 2.28. The smallest absolute Gasteiger partial charge is 0.281 e. The topological polar surface area (TPSA) is 57.7 Å². The van der Waals surface area contributed by atoms with Crippen LogP contribution in [0.5, 0.6) is 0 Å². The molecule has 0 N–H and O–H groups in total. The maximum Gasteiger partial charge on any atom is 0.281 e. The molecule has 0 aromatic heterocycles. The third-order valence-corrected chi connectivity index (χ3v) is 4.99. The van der Waals surface area contributed by atoms with E-state index in [9.17, 15) is 13.2 Å². The van der Waals surface area contributed by atoms with E-state index in [0.717, 1.165) is 0 Å². The van der Waals surface area contributed by atoms with E-state index in [4.69, 9.17) is 0 Å². The first-order valence-corrected chi connectivity index (χ1v) is 6.99. The van der Waals surface area contributed by atoms with Crippen molar-refractivity contribution >= 4 is 16.0 Å². The van der Waals surface area contributed by atoms with E-state index in [1.54, 1.807) is 0 Å². The maximum absolute atomic E-state index is 11.8. The molecule has 1 rings (SSSR count). The average molecular weight is 248 g/mol. The van der Waals surface area contributed by atoms with Crippen LogP contribution in [0.3, 0.4) is 0 Å². The van der Waals surface area contributed by atoms with Crippen LogP contribution in [0.25, 0.3) is 0 Å². The summed E-state index contributed by atoms with van der Waals surface area (Å²) in [5, 5.41) is 0. The second-order valence-electron chi connectivity index (χ2n) is 4.28. The van der Waals surface area contributed by atoms with Gasteiger partial charge in [0.2, 0.25) is 0 Å². The Bertz CT molecular complexity index is 343. The first-order valence-electron chi connectivity index (χ1n) is 5.60. The van der Waals surface area contributed by atoms with Gasteiger partial charge in [-0.15, -0.1) is 0 Å². The lowest BCUT2D eigenvalue weighted by Crippen LogP contribution is -2.45. The molecule has 0 aliphatic carbocycles. The van der Waals surface area contributed by atoms with E-state index in [-0.39, 0.29) is 11.7 Å². The normalized spacial score (nSPS) is 20.2. The van der Waals surface area contributed by atoms with Gasteiger partial charge in [0.05, 0.1) is 0 Å². The highest BCUT2D eigenvalue weighted by molar-refractivity contribution is 7.86. The van der Waals surface area contributed by atoms with Crippen LogP contribution in [0.2, 0.25) is 0 Å². The summed E-state index contributed by atoms with van der Waals surface area (Å²) in [4.78, 5) is 11.5. The van der Waals surface area contributed by atoms with Gasteiger partial charge >= 0.3 is 0 Å². The summed E-state index contributed by atoms with van der Waals surface area (Å²) < 4.78 is 26.3. The Balaban J connectivity index is 2.59. The maximum atomic E-state index is 11.8. The number of nitrogens with zero attached hydrogens (tertiary/aromatic N) is 2. The van der Waals surface area contributed by atoms with Gasteiger partial charge in [-0.3, -0.25) is 4.79 Å². The Morgan fingerprint density at radius 1 is 1.31 bits per heavy atom. The van der Waals surface area contributed by atoms with Crippen molar-refractivity contribution in [2.75, 3.05) is 27.2 Å². The van der Waals surface area contributed by atoms with E-state index in [2.05, 4.69) is 0 Å². The molecule has 0 aromatic rings. The standard InChI is InChI=1S/C10H20N2O3S/c1-4-10(13)9-5-7-12(8-6-9)16(14,15)11(2)3/h9H,4-8H2,1-3H3. The molecule has 0 radical (unpaired) electrons. The van der Waals surface area contributed by atoms with Crippen molar-refractivity contribution in [2.24, 2.45) is 5.92 Å². The molecule has 0 atom stereocenters. The van der Waals surface area contributed by atoms with Crippen molar-refractivity contribution in [3.05, 3.63) is 0 Å². The van der Waals surface area contributed by atoms with Gasteiger partial charge in [0.15, 0.2) is 0 Å². The first-order chi connectivity index (χ1) is 7.39. The number of ketones is 1. The second-order valence-corrected chi connectivity index (χ2v) is 6.43. The van der Waals surface area contributed by atoms with Crippen molar-refractivity contribution in [3.8, 4) is 0 Å². The van der Waals surface area contributed by atoms with Crippen LogP contribution in [0.15, 0.2) is 0 Å². The summed E-state index contributed by atoms with van der Waals surface area (Å²) in [5.74, 6) is 0.306. The third kappa shape index (κ3) is 2.81. The summed E-state index contributed by atoms with van der Waals surface area (Å²) >= 11 is 0. The number of hydrogen-bond donors (Lipinski definition) is 0. The Labute approximate surface area is 97.6 Å². The van der Waals surface area contributed by atoms with Crippen molar-refractivity contribution in [2.45, 2.75) is 26.2 Å². The molecule has 0 aromatic carbocycles. The van der Waals surface area contributed by atoms with Crippen LogP contribution in [0.4, 0.5) is 0 Å². The van der Waals surface area contributed by atoms with Gasteiger partial charge < -0.3 is 0 Å². The number of carbonyl (C=O) groups excluding carboxylic acids is 1. The number of rotatable bonds is 4. The minimum Gasteiger partial charge on any atom is -0.299 e. The molecule has 1 fully saturated rings. The monoisotopic (exact) mass is 248 g/mol. The number of hydrogen-bond acceptors (Lipinski definition) is 3. The molecule has 0 unspecified atom stereocenters. The van der Waals surface area contributed by atoms with Crippen molar-refractivity contribution in [3.63, 3.8) is 0 Å². The van der Waals surface area contributed by atoms with Gasteiger partial charge in [-0.05, 0) is 12.8 Å². The van der Waals surface area contributed by atoms with Gasteiger partial charge in [-0.25, -0.2) is 0 Å². The molecule has 0 saturated carbocycles. The molecule has 1 saturated heterocycles. The lowest BCUT2D eigenvalue weighted by molar-refractivity contribution is -0.123. The minimum atomic E-state index is -3.30. The zero-order chi connectivity index (χ0) is 12.3. The highest BCUT2D eigenvalue weighted by Crippen LogP contribution is 2.21. The van der Waals surface area contributed by atoms with E-state index < -0.39 is 10.2 Å². The molecular formula is C10H20N2O3S. The fraction of sp³-hybridized carbons (Fsp3) is 0.900. The van der Waals surface area contributed by atoms with Crippen molar-refractivity contribution < 1.29 is 13.2 Å². The number of Topliss-reactive ketones (excluding diaryl/α,β-unsaturated/α-hetero) is 1. The molecule has 1 heterocycles. The predicted molar refractivity (Wildman–Crippen MR) is 62.2 cm³/mol. The summed E-state index contributed by atoms with van der Waals surface area (Å²) in [7, 11) is -0.248. The molecule has 5 nitrogen and oxygen atoms in total. The lowest BCUT2D eigenvalue weighted by atomic mass is 9.92. The Morgan fingerprint density at radius 2 is 1.81 bits per heavy atom. The van der Waals surface area contributed by atoms with Gasteiger partial charge in [0, 0.05) is 39.5 Å². The molecule has 0 spiro atoms. The number of piperidine rings is 1. The molecule has 16 heavy (non-hydrogen) atoms. The van der Waals surface area contributed by atoms with Crippen LogP contribution in [0, 0.1) is 5.92 Å². The fourth-order valence-electron chi connectivity index (χ4n) is 1.93. The van der Waals surface area contributed by atoms with Crippen LogP contribution in [-0.2, 0) is 15.0 Å². The molecule has 94 valence electrons. The Morgan fingerprint density at radius 3 is 2.19 bits per heavy atom. The molecule has 1 aliphatic rings. The SMILES string of the molecule is CCC(=O)C1CCN(S(=O)(=O)N(C)C)CC1. The van der Waals surface area contributed by atoms with E-state index in [1.807, 2.05) is 6.92 Å². The lowest BCUT2D eigenvalue weighted by Gasteiger charge is -2.32. The summed E-state index contributed by atoms with van der Waals surface area (Å²) in [6.07, 6.45) is 1.85. The van der Waals surface area contributed by atoms with Gasteiger partial charge in [-0.2, -0.15) is 17.0 Å². The quantitative estimate of drug-likeness (QED) is 0.727. The first kappa shape index (κ1) is 13.6. The highest BCUT2D eigenvalue weighted by Gasteiger charge is 2.31. The Kier molecular flexibility index (Phi) is 4.46. The zero-order valence-corrected chi connectivity index (χ0v) is 11.0. The molecule has 1 aliphatic heterocycles. The fourth-order valence-corrected chi connectivity index (χ4v) is 3.06. The van der Waals surface area contributed by atoms with Gasteiger partial charge in [-0.1, -0.05) is 6.92 Å². The van der Waals surface area contributed by atoms with E-state index in [1.165, 1.54) is 22.7 Å². The molecule has 0 amide bonds. The molecule has 6 heteroatoms. The van der Waals surface area contributed by atoms with E-state index >= 15 is 0 Å². The zero-order valence-electron chi connectivity index (χ0n) is 10.1. The summed E-state index contributed by atoms with van der Waals surface area (Å²) in [6.45, 7) is 2.76. The molecular weight excluding hydrogens is 228 g/mol. The van der Waals surface area contributed by atoms with Crippen LogP contribution < -0.4 is 0 Å².